The normalized spacial score (nSPS) is 20.1. The molecule has 0 fully saturated rings. The summed E-state index contributed by atoms with van der Waals surface area (Å²) in [7, 11) is 2.02. The zero-order valence-electron chi connectivity index (χ0n) is 10.6. The van der Waals surface area contributed by atoms with Crippen molar-refractivity contribution in [1.82, 2.24) is 5.32 Å². The van der Waals surface area contributed by atoms with Crippen molar-refractivity contribution in [3.8, 4) is 5.75 Å². The summed E-state index contributed by atoms with van der Waals surface area (Å²) in [5.41, 5.74) is 2.88. The largest absolute Gasteiger partial charge is 0.493 e. The van der Waals surface area contributed by atoms with E-state index < -0.39 is 0 Å². The van der Waals surface area contributed by atoms with Crippen LogP contribution in [0.2, 0.25) is 0 Å². The Balaban J connectivity index is 2.43. The van der Waals surface area contributed by atoms with Gasteiger partial charge in [-0.2, -0.15) is 0 Å². The second-order valence-electron chi connectivity index (χ2n) is 5.48. The molecule has 0 radical (unpaired) electrons. The van der Waals surface area contributed by atoms with Gasteiger partial charge in [0.1, 0.15) is 5.75 Å². The molecule has 1 aliphatic heterocycles. The summed E-state index contributed by atoms with van der Waals surface area (Å²) in [6.45, 7) is 7.54. The van der Waals surface area contributed by atoms with Crippen LogP contribution in [0.5, 0.6) is 5.75 Å². The van der Waals surface area contributed by atoms with E-state index in [0.717, 1.165) is 18.8 Å². The number of benzene rings is 1. The Bertz CT molecular complexity index is 379. The molecule has 1 aromatic carbocycles. The number of rotatable bonds is 1. The topological polar surface area (TPSA) is 21.3 Å². The molecule has 2 heteroatoms. The van der Waals surface area contributed by atoms with E-state index in [0.29, 0.717) is 6.04 Å². The number of ether oxygens (including phenoxy) is 1. The lowest BCUT2D eigenvalue weighted by molar-refractivity contribution is 0.257. The van der Waals surface area contributed by atoms with Gasteiger partial charge in [-0.1, -0.05) is 26.8 Å². The first-order chi connectivity index (χ1) is 7.52. The monoisotopic (exact) mass is 219 g/mol. The summed E-state index contributed by atoms with van der Waals surface area (Å²) in [6.07, 6.45) is 1.05. The third-order valence-corrected chi connectivity index (χ3v) is 3.26. The van der Waals surface area contributed by atoms with Gasteiger partial charge in [0, 0.05) is 18.0 Å². The molecule has 0 aromatic heterocycles. The van der Waals surface area contributed by atoms with Crippen LogP contribution < -0.4 is 10.1 Å². The maximum absolute atomic E-state index is 5.68. The van der Waals surface area contributed by atoms with Crippen molar-refractivity contribution < 1.29 is 4.74 Å². The Hall–Kier alpha value is -1.02. The number of fused-ring (bicyclic) bond motifs is 1. The highest BCUT2D eigenvalue weighted by molar-refractivity contribution is 5.42. The molecule has 0 spiro atoms. The Morgan fingerprint density at radius 1 is 1.31 bits per heavy atom. The van der Waals surface area contributed by atoms with Gasteiger partial charge in [0.05, 0.1) is 6.61 Å². The van der Waals surface area contributed by atoms with Gasteiger partial charge in [0.25, 0.3) is 0 Å². The van der Waals surface area contributed by atoms with Crippen molar-refractivity contribution in [2.24, 2.45) is 0 Å². The SMILES string of the molecule is CNC1CCOc2ccc(C(C)(C)C)cc21. The smallest absolute Gasteiger partial charge is 0.124 e. The van der Waals surface area contributed by atoms with E-state index in [9.17, 15) is 0 Å². The maximum Gasteiger partial charge on any atom is 0.124 e. The van der Waals surface area contributed by atoms with Crippen molar-refractivity contribution >= 4 is 0 Å². The molecule has 0 amide bonds. The van der Waals surface area contributed by atoms with E-state index >= 15 is 0 Å². The van der Waals surface area contributed by atoms with E-state index in [2.05, 4.69) is 44.3 Å². The molecule has 1 aromatic rings. The molecule has 0 saturated heterocycles. The lowest BCUT2D eigenvalue weighted by Crippen LogP contribution is -2.25. The molecular formula is C14H21NO. The molecule has 88 valence electrons. The first-order valence-electron chi connectivity index (χ1n) is 5.97. The lowest BCUT2D eigenvalue weighted by Gasteiger charge is -2.28. The quantitative estimate of drug-likeness (QED) is 0.784. The zero-order chi connectivity index (χ0) is 11.8. The van der Waals surface area contributed by atoms with Gasteiger partial charge in [0.2, 0.25) is 0 Å². The number of hydrogen-bond acceptors (Lipinski definition) is 2. The van der Waals surface area contributed by atoms with Crippen LogP contribution in [-0.4, -0.2) is 13.7 Å². The fourth-order valence-corrected chi connectivity index (χ4v) is 2.16. The highest BCUT2D eigenvalue weighted by atomic mass is 16.5. The van der Waals surface area contributed by atoms with Gasteiger partial charge >= 0.3 is 0 Å². The van der Waals surface area contributed by atoms with Crippen LogP contribution in [0.3, 0.4) is 0 Å². The Morgan fingerprint density at radius 3 is 2.69 bits per heavy atom. The lowest BCUT2D eigenvalue weighted by atomic mass is 9.84. The summed E-state index contributed by atoms with van der Waals surface area (Å²) in [5, 5.41) is 3.36. The molecule has 1 aliphatic rings. The molecule has 2 nitrogen and oxygen atoms in total. The Labute approximate surface area is 98.0 Å². The van der Waals surface area contributed by atoms with Gasteiger partial charge in [-0.3, -0.25) is 0 Å². The maximum atomic E-state index is 5.68. The zero-order valence-corrected chi connectivity index (χ0v) is 10.6. The van der Waals surface area contributed by atoms with Crippen LogP contribution in [0.4, 0.5) is 0 Å². The van der Waals surface area contributed by atoms with Gasteiger partial charge in [-0.25, -0.2) is 0 Å². The molecule has 0 aliphatic carbocycles. The highest BCUT2D eigenvalue weighted by Gasteiger charge is 2.22. The minimum atomic E-state index is 0.199. The summed E-state index contributed by atoms with van der Waals surface area (Å²) in [6, 6.07) is 7.01. The summed E-state index contributed by atoms with van der Waals surface area (Å²) in [4.78, 5) is 0. The molecule has 0 bridgehead atoms. The van der Waals surface area contributed by atoms with E-state index in [-0.39, 0.29) is 5.41 Å². The average molecular weight is 219 g/mol. The van der Waals surface area contributed by atoms with Crippen LogP contribution in [0.1, 0.15) is 44.4 Å². The number of nitrogens with one attached hydrogen (secondary N) is 1. The first kappa shape index (κ1) is 11.5. The van der Waals surface area contributed by atoms with Gasteiger partial charge in [-0.05, 0) is 30.2 Å². The van der Waals surface area contributed by atoms with E-state index in [1.807, 2.05) is 7.05 Å². The van der Waals surface area contributed by atoms with Gasteiger partial charge in [-0.15, -0.1) is 0 Å². The molecule has 1 N–H and O–H groups in total. The fraction of sp³-hybridized carbons (Fsp3) is 0.571. The minimum absolute atomic E-state index is 0.199. The van der Waals surface area contributed by atoms with E-state index in [1.165, 1.54) is 11.1 Å². The van der Waals surface area contributed by atoms with Crippen LogP contribution in [0.25, 0.3) is 0 Å². The second-order valence-corrected chi connectivity index (χ2v) is 5.48. The Kier molecular flexibility index (Phi) is 2.94. The summed E-state index contributed by atoms with van der Waals surface area (Å²) < 4.78 is 5.68. The Morgan fingerprint density at radius 2 is 2.06 bits per heavy atom. The third kappa shape index (κ3) is 2.07. The third-order valence-electron chi connectivity index (χ3n) is 3.26. The van der Waals surface area contributed by atoms with Crippen molar-refractivity contribution in [3.05, 3.63) is 29.3 Å². The molecule has 16 heavy (non-hydrogen) atoms. The molecule has 2 rings (SSSR count). The van der Waals surface area contributed by atoms with Crippen molar-refractivity contribution in [1.29, 1.82) is 0 Å². The van der Waals surface area contributed by atoms with Crippen LogP contribution >= 0.6 is 0 Å². The van der Waals surface area contributed by atoms with Crippen molar-refractivity contribution in [2.45, 2.75) is 38.6 Å². The molecule has 1 atom stereocenters. The van der Waals surface area contributed by atoms with Crippen LogP contribution in [0.15, 0.2) is 18.2 Å². The fourth-order valence-electron chi connectivity index (χ4n) is 2.16. The molecule has 0 saturated carbocycles. The highest BCUT2D eigenvalue weighted by Crippen LogP contribution is 2.35. The predicted octanol–water partition coefficient (Wildman–Crippen LogP) is 3.03. The first-order valence-corrected chi connectivity index (χ1v) is 5.97. The van der Waals surface area contributed by atoms with Crippen LogP contribution in [0, 0.1) is 0 Å². The van der Waals surface area contributed by atoms with E-state index in [4.69, 9.17) is 4.74 Å². The van der Waals surface area contributed by atoms with Crippen molar-refractivity contribution in [2.75, 3.05) is 13.7 Å². The molecule has 1 heterocycles. The standard InChI is InChI=1S/C14H21NO/c1-14(2,3)10-5-6-13-11(9-10)12(15-4)7-8-16-13/h5-6,9,12,15H,7-8H2,1-4H3. The second kappa shape index (κ2) is 4.10. The molecule has 1 unspecified atom stereocenters. The molecular weight excluding hydrogens is 198 g/mol. The summed E-state index contributed by atoms with van der Waals surface area (Å²) in [5.74, 6) is 1.04. The average Bonchev–Trinajstić information content (AvgIpc) is 2.26. The van der Waals surface area contributed by atoms with E-state index in [1.54, 1.807) is 0 Å². The van der Waals surface area contributed by atoms with Gasteiger partial charge < -0.3 is 10.1 Å². The van der Waals surface area contributed by atoms with Gasteiger partial charge in [0.15, 0.2) is 0 Å². The van der Waals surface area contributed by atoms with Crippen LogP contribution in [-0.2, 0) is 5.41 Å². The summed E-state index contributed by atoms with van der Waals surface area (Å²) >= 11 is 0. The number of hydrogen-bond donors (Lipinski definition) is 1. The minimum Gasteiger partial charge on any atom is -0.493 e. The van der Waals surface area contributed by atoms with Crippen molar-refractivity contribution in [3.63, 3.8) is 0 Å². The predicted molar refractivity (Wildman–Crippen MR) is 67.1 cm³/mol.